The van der Waals surface area contributed by atoms with E-state index >= 15 is 0 Å². The number of halogens is 2. The molecule has 0 radical (unpaired) electrons. The Labute approximate surface area is 168 Å². The minimum atomic E-state index is -0.339. The monoisotopic (exact) mass is 403 g/mol. The van der Waals surface area contributed by atoms with Crippen LogP contribution < -0.4 is 10.6 Å². The standard InChI is InChI=1S/C21H23ClFN3O2/c22-17-3-1-15(2-4-17)13-24-21(28)16-9-11-26(12-10-16)14-20(27)25-19-7-5-18(23)6-8-19/h1-8,16H,9-14H2,(H,24,28)(H,25,27). The average molecular weight is 404 g/mol. The molecular formula is C21H23ClFN3O2. The molecule has 0 aliphatic carbocycles. The van der Waals surface area contributed by atoms with Crippen LogP contribution in [-0.2, 0) is 16.1 Å². The number of hydrogen-bond donors (Lipinski definition) is 2. The van der Waals surface area contributed by atoms with Gasteiger partial charge in [-0.05, 0) is 67.9 Å². The normalized spacial score (nSPS) is 15.2. The van der Waals surface area contributed by atoms with E-state index in [4.69, 9.17) is 11.6 Å². The molecule has 2 aromatic carbocycles. The average Bonchev–Trinajstić information content (AvgIpc) is 2.69. The van der Waals surface area contributed by atoms with Crippen molar-refractivity contribution in [3.63, 3.8) is 0 Å². The number of likely N-dealkylation sites (tertiary alicyclic amines) is 1. The van der Waals surface area contributed by atoms with E-state index in [1.54, 1.807) is 12.1 Å². The van der Waals surface area contributed by atoms with Crippen LogP contribution in [0.1, 0.15) is 18.4 Å². The van der Waals surface area contributed by atoms with E-state index in [9.17, 15) is 14.0 Å². The molecular weight excluding hydrogens is 381 g/mol. The molecule has 0 atom stereocenters. The smallest absolute Gasteiger partial charge is 0.238 e. The van der Waals surface area contributed by atoms with Gasteiger partial charge in [0.05, 0.1) is 6.54 Å². The molecule has 0 aromatic heterocycles. The third-order valence-corrected chi connectivity index (χ3v) is 5.09. The number of benzene rings is 2. The van der Waals surface area contributed by atoms with Crippen molar-refractivity contribution in [2.75, 3.05) is 25.0 Å². The maximum atomic E-state index is 12.9. The van der Waals surface area contributed by atoms with Gasteiger partial charge in [-0.25, -0.2) is 4.39 Å². The van der Waals surface area contributed by atoms with Crippen LogP contribution in [0.4, 0.5) is 10.1 Å². The van der Waals surface area contributed by atoms with Gasteiger partial charge in [-0.1, -0.05) is 23.7 Å². The van der Waals surface area contributed by atoms with E-state index in [1.807, 2.05) is 17.0 Å². The Bertz CT molecular complexity index is 803. The highest BCUT2D eigenvalue weighted by molar-refractivity contribution is 6.30. The minimum Gasteiger partial charge on any atom is -0.352 e. The number of piperidine rings is 1. The number of carbonyl (C=O) groups is 2. The molecule has 0 bridgehead atoms. The zero-order valence-corrected chi connectivity index (χ0v) is 16.2. The van der Waals surface area contributed by atoms with Crippen molar-refractivity contribution in [3.8, 4) is 0 Å². The second kappa shape index (κ2) is 9.66. The maximum absolute atomic E-state index is 12.9. The number of amides is 2. The number of rotatable bonds is 6. The predicted octanol–water partition coefficient (Wildman–Crippen LogP) is 3.45. The molecule has 1 aliphatic rings. The summed E-state index contributed by atoms with van der Waals surface area (Å²) in [5.41, 5.74) is 1.58. The van der Waals surface area contributed by atoms with E-state index in [2.05, 4.69) is 10.6 Å². The number of nitrogens with one attached hydrogen (secondary N) is 2. The van der Waals surface area contributed by atoms with Crippen molar-refractivity contribution >= 4 is 29.1 Å². The van der Waals surface area contributed by atoms with Gasteiger partial charge in [0.25, 0.3) is 0 Å². The van der Waals surface area contributed by atoms with Crippen LogP contribution in [0, 0.1) is 11.7 Å². The molecule has 2 amide bonds. The van der Waals surface area contributed by atoms with Gasteiger partial charge in [-0.3, -0.25) is 14.5 Å². The van der Waals surface area contributed by atoms with Gasteiger partial charge in [0.1, 0.15) is 5.82 Å². The first-order chi connectivity index (χ1) is 13.5. The van der Waals surface area contributed by atoms with Crippen molar-refractivity contribution < 1.29 is 14.0 Å². The van der Waals surface area contributed by atoms with Gasteiger partial charge in [0.15, 0.2) is 0 Å². The Morgan fingerprint density at radius 1 is 1.04 bits per heavy atom. The summed E-state index contributed by atoms with van der Waals surface area (Å²) in [6.07, 6.45) is 1.44. The highest BCUT2D eigenvalue weighted by Crippen LogP contribution is 2.18. The summed E-state index contributed by atoms with van der Waals surface area (Å²) in [6, 6.07) is 13.1. The first kappa shape index (κ1) is 20.3. The Balaban J connectivity index is 1.38. The maximum Gasteiger partial charge on any atom is 0.238 e. The van der Waals surface area contributed by atoms with Crippen LogP contribution in [0.5, 0.6) is 0 Å². The van der Waals surface area contributed by atoms with Crippen molar-refractivity contribution in [1.29, 1.82) is 0 Å². The quantitative estimate of drug-likeness (QED) is 0.776. The first-order valence-corrected chi connectivity index (χ1v) is 9.67. The molecule has 7 heteroatoms. The Morgan fingerprint density at radius 3 is 2.32 bits per heavy atom. The number of nitrogens with zero attached hydrogens (tertiary/aromatic N) is 1. The van der Waals surface area contributed by atoms with Gasteiger partial charge < -0.3 is 10.6 Å². The lowest BCUT2D eigenvalue weighted by Gasteiger charge is -2.30. The van der Waals surface area contributed by atoms with E-state index in [0.717, 1.165) is 18.4 Å². The molecule has 5 nitrogen and oxygen atoms in total. The Morgan fingerprint density at radius 2 is 1.68 bits per heavy atom. The first-order valence-electron chi connectivity index (χ1n) is 9.29. The van der Waals surface area contributed by atoms with E-state index in [0.29, 0.717) is 30.3 Å². The molecule has 1 fully saturated rings. The molecule has 3 rings (SSSR count). The lowest BCUT2D eigenvalue weighted by atomic mass is 9.96. The largest absolute Gasteiger partial charge is 0.352 e. The topological polar surface area (TPSA) is 61.4 Å². The van der Waals surface area contributed by atoms with Gasteiger partial charge >= 0.3 is 0 Å². The summed E-state index contributed by atoms with van der Waals surface area (Å²) in [5.74, 6) is -0.472. The summed E-state index contributed by atoms with van der Waals surface area (Å²) >= 11 is 5.86. The summed E-state index contributed by atoms with van der Waals surface area (Å²) in [5, 5.41) is 6.40. The highest BCUT2D eigenvalue weighted by atomic mass is 35.5. The van der Waals surface area contributed by atoms with Gasteiger partial charge in [0.2, 0.25) is 11.8 Å². The molecule has 2 N–H and O–H groups in total. The zero-order chi connectivity index (χ0) is 19.9. The summed E-state index contributed by atoms with van der Waals surface area (Å²) in [4.78, 5) is 26.5. The van der Waals surface area contributed by atoms with E-state index in [1.165, 1.54) is 24.3 Å². The van der Waals surface area contributed by atoms with Crippen LogP contribution >= 0.6 is 11.6 Å². The van der Waals surface area contributed by atoms with Crippen LogP contribution in [0.25, 0.3) is 0 Å². The Hall–Kier alpha value is -2.44. The Kier molecular flexibility index (Phi) is 7.01. The molecule has 28 heavy (non-hydrogen) atoms. The van der Waals surface area contributed by atoms with Crippen molar-refractivity contribution in [3.05, 3.63) is 64.9 Å². The predicted molar refractivity (Wildman–Crippen MR) is 107 cm³/mol. The summed E-state index contributed by atoms with van der Waals surface area (Å²) in [6.45, 7) is 2.12. The third-order valence-electron chi connectivity index (χ3n) is 4.83. The fraction of sp³-hybridized carbons (Fsp3) is 0.333. The molecule has 1 saturated heterocycles. The molecule has 1 aliphatic heterocycles. The van der Waals surface area contributed by atoms with Crippen molar-refractivity contribution in [1.82, 2.24) is 10.2 Å². The van der Waals surface area contributed by atoms with Gasteiger partial charge in [-0.15, -0.1) is 0 Å². The van der Waals surface area contributed by atoms with Gasteiger partial charge in [0, 0.05) is 23.2 Å². The van der Waals surface area contributed by atoms with Crippen molar-refractivity contribution in [2.45, 2.75) is 19.4 Å². The second-order valence-electron chi connectivity index (χ2n) is 6.95. The summed E-state index contributed by atoms with van der Waals surface area (Å²) in [7, 11) is 0. The van der Waals surface area contributed by atoms with Crippen molar-refractivity contribution in [2.24, 2.45) is 5.92 Å². The lowest BCUT2D eigenvalue weighted by Crippen LogP contribution is -2.43. The molecule has 2 aromatic rings. The number of anilines is 1. The molecule has 148 valence electrons. The second-order valence-corrected chi connectivity index (χ2v) is 7.39. The highest BCUT2D eigenvalue weighted by Gasteiger charge is 2.25. The SMILES string of the molecule is O=C(CN1CCC(C(=O)NCc2ccc(Cl)cc2)CC1)Nc1ccc(F)cc1. The lowest BCUT2D eigenvalue weighted by molar-refractivity contribution is -0.126. The minimum absolute atomic E-state index is 0.0382. The fourth-order valence-corrected chi connectivity index (χ4v) is 3.35. The molecule has 0 spiro atoms. The van der Waals surface area contributed by atoms with E-state index < -0.39 is 0 Å². The zero-order valence-electron chi connectivity index (χ0n) is 15.5. The van der Waals surface area contributed by atoms with Crippen LogP contribution in [0.2, 0.25) is 5.02 Å². The molecule has 0 saturated carbocycles. The molecule has 1 heterocycles. The fourth-order valence-electron chi connectivity index (χ4n) is 3.23. The third kappa shape index (κ3) is 6.04. The summed E-state index contributed by atoms with van der Waals surface area (Å²) < 4.78 is 12.9. The van der Waals surface area contributed by atoms with Crippen LogP contribution in [0.3, 0.4) is 0 Å². The van der Waals surface area contributed by atoms with E-state index in [-0.39, 0.29) is 30.1 Å². The van der Waals surface area contributed by atoms with Crippen LogP contribution in [0.15, 0.2) is 48.5 Å². The molecule has 0 unspecified atom stereocenters. The number of hydrogen-bond acceptors (Lipinski definition) is 3. The van der Waals surface area contributed by atoms with Crippen LogP contribution in [-0.4, -0.2) is 36.3 Å². The van der Waals surface area contributed by atoms with Gasteiger partial charge in [-0.2, -0.15) is 0 Å². The number of carbonyl (C=O) groups excluding carboxylic acids is 2.